The Morgan fingerprint density at radius 2 is 1.85 bits per heavy atom. The molecule has 1 aromatic rings. The third-order valence-corrected chi connectivity index (χ3v) is 3.88. The number of amides is 1. The Morgan fingerprint density at radius 3 is 2.45 bits per heavy atom. The smallest absolute Gasteiger partial charge is 0.244 e. The van der Waals surface area contributed by atoms with E-state index in [1.165, 1.54) is 0 Å². The largest absolute Gasteiger partial charge is 0.352 e. The van der Waals surface area contributed by atoms with Crippen molar-refractivity contribution in [3.8, 4) is 0 Å². The average Bonchev–Trinajstić information content (AvgIpc) is 2.75. The van der Waals surface area contributed by atoms with E-state index in [2.05, 4.69) is 30.0 Å². The van der Waals surface area contributed by atoms with E-state index in [4.69, 9.17) is 11.6 Å². The van der Waals surface area contributed by atoms with Crippen LogP contribution in [-0.2, 0) is 4.79 Å². The highest BCUT2D eigenvalue weighted by atomic mass is 35.5. The van der Waals surface area contributed by atoms with Gasteiger partial charge in [0.2, 0.25) is 5.91 Å². The highest BCUT2D eigenvalue weighted by Gasteiger charge is 2.29. The molecule has 1 fully saturated rings. The van der Waals surface area contributed by atoms with Crippen molar-refractivity contribution < 1.29 is 4.79 Å². The molecule has 0 aliphatic carbocycles. The number of carbonyl (C=O) groups is 1. The van der Waals surface area contributed by atoms with Gasteiger partial charge in [-0.1, -0.05) is 23.7 Å². The molecule has 108 valence electrons. The second-order valence-electron chi connectivity index (χ2n) is 5.16. The zero-order valence-electron chi connectivity index (χ0n) is 11.7. The highest BCUT2D eigenvalue weighted by molar-refractivity contribution is 6.30. The van der Waals surface area contributed by atoms with Crippen molar-refractivity contribution in [1.82, 2.24) is 16.2 Å². The molecule has 2 rings (SSSR count). The fraction of sp³-hybridized carbons (Fsp3) is 0.400. The summed E-state index contributed by atoms with van der Waals surface area (Å²) in [4.78, 5) is 11.8. The van der Waals surface area contributed by atoms with Gasteiger partial charge in [-0.2, -0.15) is 0 Å². The second-order valence-corrected chi connectivity index (χ2v) is 5.60. The average molecular weight is 294 g/mol. The van der Waals surface area contributed by atoms with E-state index in [1.807, 2.05) is 12.1 Å². The number of halogens is 1. The third kappa shape index (κ3) is 4.07. The van der Waals surface area contributed by atoms with Gasteiger partial charge in [-0.25, -0.2) is 0 Å². The Kier molecular flexibility index (Phi) is 5.17. The molecule has 0 aromatic heterocycles. The van der Waals surface area contributed by atoms with Gasteiger partial charge in [0, 0.05) is 35.6 Å². The molecule has 0 bridgehead atoms. The number of hydrazine groups is 1. The summed E-state index contributed by atoms with van der Waals surface area (Å²) in [7, 11) is 0. The summed E-state index contributed by atoms with van der Waals surface area (Å²) in [5.41, 5.74) is 7.30. The quantitative estimate of drug-likeness (QED) is 0.744. The van der Waals surface area contributed by atoms with Crippen molar-refractivity contribution in [3.05, 3.63) is 40.9 Å². The maximum atomic E-state index is 11.8. The minimum absolute atomic E-state index is 0.0775. The Labute approximate surface area is 124 Å². The molecule has 1 saturated heterocycles. The van der Waals surface area contributed by atoms with Gasteiger partial charge in [-0.3, -0.25) is 15.6 Å². The Morgan fingerprint density at radius 1 is 1.25 bits per heavy atom. The standard InChI is InChI=1S/C15H20ClN3O/c1-10-14(11(2)19-18-10)9-17-15(20)8-5-12-3-6-13(16)7-4-12/h3-8,10-11,14,18-19H,9H2,1-2H3,(H,17,20)/b8-5+. The third-order valence-electron chi connectivity index (χ3n) is 3.63. The van der Waals surface area contributed by atoms with Crippen LogP contribution in [0.15, 0.2) is 30.3 Å². The van der Waals surface area contributed by atoms with E-state index in [-0.39, 0.29) is 5.91 Å². The zero-order chi connectivity index (χ0) is 14.5. The molecule has 1 aliphatic heterocycles. The van der Waals surface area contributed by atoms with Gasteiger partial charge in [-0.15, -0.1) is 0 Å². The lowest BCUT2D eigenvalue weighted by atomic mass is 9.97. The molecule has 20 heavy (non-hydrogen) atoms. The predicted molar refractivity (Wildman–Crippen MR) is 82.2 cm³/mol. The molecule has 1 aromatic carbocycles. The Bertz CT molecular complexity index is 476. The molecule has 0 radical (unpaired) electrons. The highest BCUT2D eigenvalue weighted by Crippen LogP contribution is 2.13. The first-order chi connectivity index (χ1) is 9.56. The molecular weight excluding hydrogens is 274 g/mol. The molecule has 0 saturated carbocycles. The van der Waals surface area contributed by atoms with Crippen LogP contribution in [0, 0.1) is 5.92 Å². The van der Waals surface area contributed by atoms with Crippen LogP contribution in [0.3, 0.4) is 0 Å². The lowest BCUT2D eigenvalue weighted by Gasteiger charge is -2.17. The van der Waals surface area contributed by atoms with E-state index in [0.29, 0.717) is 29.6 Å². The van der Waals surface area contributed by atoms with Crippen LogP contribution in [0.5, 0.6) is 0 Å². The fourth-order valence-electron chi connectivity index (χ4n) is 2.29. The van der Waals surface area contributed by atoms with Crippen LogP contribution in [0.1, 0.15) is 19.4 Å². The number of hydrogen-bond acceptors (Lipinski definition) is 3. The van der Waals surface area contributed by atoms with Crippen LogP contribution in [0.25, 0.3) is 6.08 Å². The van der Waals surface area contributed by atoms with Gasteiger partial charge in [0.15, 0.2) is 0 Å². The predicted octanol–water partition coefficient (Wildman–Crippen LogP) is 1.97. The van der Waals surface area contributed by atoms with E-state index in [9.17, 15) is 4.79 Å². The van der Waals surface area contributed by atoms with Crippen molar-refractivity contribution in [1.29, 1.82) is 0 Å². The molecule has 1 aliphatic rings. The summed E-state index contributed by atoms with van der Waals surface area (Å²) < 4.78 is 0. The maximum Gasteiger partial charge on any atom is 0.244 e. The van der Waals surface area contributed by atoms with Crippen molar-refractivity contribution in [2.75, 3.05) is 6.54 Å². The molecular formula is C15H20ClN3O. The monoisotopic (exact) mass is 293 g/mol. The van der Waals surface area contributed by atoms with E-state index in [1.54, 1.807) is 24.3 Å². The number of rotatable bonds is 4. The number of carbonyl (C=O) groups excluding carboxylic acids is 1. The first-order valence-corrected chi connectivity index (χ1v) is 7.16. The fourth-order valence-corrected chi connectivity index (χ4v) is 2.41. The van der Waals surface area contributed by atoms with Crippen LogP contribution in [0.2, 0.25) is 5.02 Å². The molecule has 5 heteroatoms. The van der Waals surface area contributed by atoms with Gasteiger partial charge in [0.1, 0.15) is 0 Å². The SMILES string of the molecule is CC1NNC(C)C1CNC(=O)/C=C/c1ccc(Cl)cc1. The van der Waals surface area contributed by atoms with Crippen LogP contribution >= 0.6 is 11.6 Å². The van der Waals surface area contributed by atoms with Gasteiger partial charge in [-0.05, 0) is 37.6 Å². The lowest BCUT2D eigenvalue weighted by Crippen LogP contribution is -2.36. The minimum atomic E-state index is -0.0775. The first-order valence-electron chi connectivity index (χ1n) is 6.79. The summed E-state index contributed by atoms with van der Waals surface area (Å²) in [6.07, 6.45) is 3.33. The lowest BCUT2D eigenvalue weighted by molar-refractivity contribution is -0.116. The van der Waals surface area contributed by atoms with E-state index < -0.39 is 0 Å². The molecule has 2 atom stereocenters. The summed E-state index contributed by atoms with van der Waals surface area (Å²) >= 11 is 5.81. The Hall–Kier alpha value is -1.36. The first kappa shape index (κ1) is 15.0. The molecule has 2 unspecified atom stereocenters. The van der Waals surface area contributed by atoms with Crippen molar-refractivity contribution in [3.63, 3.8) is 0 Å². The number of benzene rings is 1. The minimum Gasteiger partial charge on any atom is -0.352 e. The summed E-state index contributed by atoms with van der Waals surface area (Å²) in [5.74, 6) is 0.314. The Balaban J connectivity index is 1.82. The normalized spacial score (nSPS) is 26.1. The number of nitrogens with one attached hydrogen (secondary N) is 3. The molecule has 1 heterocycles. The van der Waals surface area contributed by atoms with Gasteiger partial charge < -0.3 is 5.32 Å². The molecule has 1 amide bonds. The maximum absolute atomic E-state index is 11.8. The number of hydrogen-bond donors (Lipinski definition) is 3. The molecule has 3 N–H and O–H groups in total. The van der Waals surface area contributed by atoms with Crippen molar-refractivity contribution in [2.24, 2.45) is 5.92 Å². The van der Waals surface area contributed by atoms with Gasteiger partial charge >= 0.3 is 0 Å². The van der Waals surface area contributed by atoms with E-state index >= 15 is 0 Å². The zero-order valence-corrected chi connectivity index (χ0v) is 12.4. The molecule has 0 spiro atoms. The second kappa shape index (κ2) is 6.88. The van der Waals surface area contributed by atoms with Crippen molar-refractivity contribution in [2.45, 2.75) is 25.9 Å². The van der Waals surface area contributed by atoms with Crippen LogP contribution < -0.4 is 16.2 Å². The van der Waals surface area contributed by atoms with Crippen molar-refractivity contribution >= 4 is 23.6 Å². The summed E-state index contributed by atoms with van der Waals surface area (Å²) in [6.45, 7) is 4.87. The van der Waals surface area contributed by atoms with E-state index in [0.717, 1.165) is 5.56 Å². The van der Waals surface area contributed by atoms with Gasteiger partial charge in [0.05, 0.1) is 0 Å². The van der Waals surface area contributed by atoms with Crippen LogP contribution in [0.4, 0.5) is 0 Å². The summed E-state index contributed by atoms with van der Waals surface area (Å²) in [5, 5.41) is 3.63. The molecule has 4 nitrogen and oxygen atoms in total. The van der Waals surface area contributed by atoms with Gasteiger partial charge in [0.25, 0.3) is 0 Å². The summed E-state index contributed by atoms with van der Waals surface area (Å²) in [6, 6.07) is 8.06. The topological polar surface area (TPSA) is 53.2 Å². The van der Waals surface area contributed by atoms with Crippen LogP contribution in [-0.4, -0.2) is 24.5 Å².